The van der Waals surface area contributed by atoms with Crippen molar-refractivity contribution in [2.24, 2.45) is 0 Å². The normalized spacial score (nSPS) is 13.6. The summed E-state index contributed by atoms with van der Waals surface area (Å²) in [6.45, 7) is 0. The third-order valence-corrected chi connectivity index (χ3v) is 5.12. The lowest BCUT2D eigenvalue weighted by atomic mass is 10.2. The van der Waals surface area contributed by atoms with E-state index in [-0.39, 0.29) is 5.56 Å². The van der Waals surface area contributed by atoms with Crippen LogP contribution in [0.25, 0.3) is 21.6 Å². The molecule has 1 aliphatic rings. The van der Waals surface area contributed by atoms with Crippen LogP contribution in [0.2, 0.25) is 0 Å². The Bertz CT molecular complexity index is 878. The average molecular weight is 298 g/mol. The molecular weight excluding hydrogens is 284 g/mol. The third-order valence-electron chi connectivity index (χ3n) is 3.94. The molecule has 0 spiro atoms. The highest BCUT2D eigenvalue weighted by Gasteiger charge is 2.21. The molecular formula is C16H14N2O2S. The van der Waals surface area contributed by atoms with Gasteiger partial charge in [0.25, 0.3) is 5.56 Å². The van der Waals surface area contributed by atoms with Crippen LogP contribution in [0, 0.1) is 0 Å². The summed E-state index contributed by atoms with van der Waals surface area (Å²) in [7, 11) is 1.63. The Morgan fingerprint density at radius 3 is 2.81 bits per heavy atom. The molecule has 5 heteroatoms. The highest BCUT2D eigenvalue weighted by Crippen LogP contribution is 2.35. The summed E-state index contributed by atoms with van der Waals surface area (Å²) in [5, 5.41) is 0.796. The van der Waals surface area contributed by atoms with Crippen molar-refractivity contribution in [3.63, 3.8) is 0 Å². The number of aromatic amines is 1. The molecule has 106 valence electrons. The molecule has 0 saturated heterocycles. The zero-order valence-electron chi connectivity index (χ0n) is 11.6. The molecule has 1 aliphatic carbocycles. The summed E-state index contributed by atoms with van der Waals surface area (Å²) in [6.07, 6.45) is 3.23. The van der Waals surface area contributed by atoms with Gasteiger partial charge in [0.15, 0.2) is 0 Å². The van der Waals surface area contributed by atoms with Crippen LogP contribution in [0.1, 0.15) is 16.9 Å². The minimum Gasteiger partial charge on any atom is -0.497 e. The fraction of sp³-hybridized carbons (Fsp3) is 0.250. The van der Waals surface area contributed by atoms with Gasteiger partial charge < -0.3 is 9.72 Å². The van der Waals surface area contributed by atoms with E-state index in [1.165, 1.54) is 10.4 Å². The Hall–Kier alpha value is -2.14. The first-order chi connectivity index (χ1) is 10.3. The number of aromatic nitrogens is 2. The zero-order chi connectivity index (χ0) is 14.4. The Morgan fingerprint density at radius 2 is 2.05 bits per heavy atom. The second-order valence-electron chi connectivity index (χ2n) is 5.18. The average Bonchev–Trinajstić information content (AvgIpc) is 3.07. The molecule has 0 amide bonds. The van der Waals surface area contributed by atoms with Gasteiger partial charge in [-0.05, 0) is 49.1 Å². The lowest BCUT2D eigenvalue weighted by Crippen LogP contribution is -2.09. The van der Waals surface area contributed by atoms with E-state index in [4.69, 9.17) is 4.74 Å². The molecule has 0 fully saturated rings. The van der Waals surface area contributed by atoms with Crippen molar-refractivity contribution in [2.45, 2.75) is 19.3 Å². The van der Waals surface area contributed by atoms with Crippen LogP contribution in [0.4, 0.5) is 0 Å². The third kappa shape index (κ3) is 1.96. The first kappa shape index (κ1) is 12.6. The molecule has 21 heavy (non-hydrogen) atoms. The van der Waals surface area contributed by atoms with Crippen LogP contribution in [0.5, 0.6) is 5.75 Å². The molecule has 4 rings (SSSR count). The van der Waals surface area contributed by atoms with Gasteiger partial charge in [-0.1, -0.05) is 0 Å². The van der Waals surface area contributed by atoms with Crippen molar-refractivity contribution >= 4 is 21.6 Å². The number of methoxy groups -OCH3 is 1. The van der Waals surface area contributed by atoms with Gasteiger partial charge in [0.05, 0.1) is 12.5 Å². The molecule has 2 aromatic heterocycles. The predicted molar refractivity (Wildman–Crippen MR) is 84.3 cm³/mol. The van der Waals surface area contributed by atoms with Gasteiger partial charge in [0.1, 0.15) is 16.4 Å². The minimum absolute atomic E-state index is 0.0229. The Morgan fingerprint density at radius 1 is 1.24 bits per heavy atom. The molecule has 4 nitrogen and oxygen atoms in total. The fourth-order valence-electron chi connectivity index (χ4n) is 2.89. The van der Waals surface area contributed by atoms with Crippen LogP contribution in [0.3, 0.4) is 0 Å². The summed E-state index contributed by atoms with van der Waals surface area (Å²) >= 11 is 1.66. The van der Waals surface area contributed by atoms with E-state index in [1.54, 1.807) is 18.4 Å². The quantitative estimate of drug-likeness (QED) is 0.790. The van der Waals surface area contributed by atoms with Crippen LogP contribution in [-0.2, 0) is 12.8 Å². The smallest absolute Gasteiger partial charge is 0.260 e. The standard InChI is InChI=1S/C16H14N2O2S/c1-20-10-7-5-9(6-8-10)14-17-15(19)13-11-3-2-4-12(11)21-16(13)18-14/h5-8H,2-4H2,1H3,(H,17,18,19). The van der Waals surface area contributed by atoms with E-state index in [9.17, 15) is 4.79 Å². The summed E-state index contributed by atoms with van der Waals surface area (Å²) in [5.41, 5.74) is 2.08. The number of benzene rings is 1. The Labute approximate surface area is 125 Å². The van der Waals surface area contributed by atoms with Gasteiger partial charge in [-0.15, -0.1) is 11.3 Å². The summed E-state index contributed by atoms with van der Waals surface area (Å²) in [4.78, 5) is 22.2. The number of H-pyrrole nitrogens is 1. The molecule has 0 saturated carbocycles. The lowest BCUT2D eigenvalue weighted by molar-refractivity contribution is 0.415. The maximum atomic E-state index is 12.4. The predicted octanol–water partition coefficient (Wildman–Crippen LogP) is 3.15. The number of nitrogens with one attached hydrogen (secondary N) is 1. The van der Waals surface area contributed by atoms with E-state index in [1.807, 2.05) is 24.3 Å². The number of rotatable bonds is 2. The molecule has 3 aromatic rings. The SMILES string of the molecule is COc1ccc(-c2nc3sc4c(c3c(=O)[nH]2)CCC4)cc1. The molecule has 2 heterocycles. The first-order valence-electron chi connectivity index (χ1n) is 6.95. The molecule has 0 bridgehead atoms. The largest absolute Gasteiger partial charge is 0.497 e. The van der Waals surface area contributed by atoms with Gasteiger partial charge in [-0.3, -0.25) is 4.79 Å². The van der Waals surface area contributed by atoms with Gasteiger partial charge in [-0.2, -0.15) is 0 Å². The lowest BCUT2D eigenvalue weighted by Gasteiger charge is -2.03. The molecule has 0 aliphatic heterocycles. The van der Waals surface area contributed by atoms with Crippen molar-refractivity contribution in [1.82, 2.24) is 9.97 Å². The Balaban J connectivity index is 1.88. The fourth-order valence-corrected chi connectivity index (χ4v) is 4.15. The van der Waals surface area contributed by atoms with E-state index < -0.39 is 0 Å². The maximum Gasteiger partial charge on any atom is 0.260 e. The van der Waals surface area contributed by atoms with Gasteiger partial charge in [-0.25, -0.2) is 4.98 Å². The second-order valence-corrected chi connectivity index (χ2v) is 6.26. The minimum atomic E-state index is -0.0229. The van der Waals surface area contributed by atoms with Gasteiger partial charge in [0.2, 0.25) is 0 Å². The highest BCUT2D eigenvalue weighted by molar-refractivity contribution is 7.18. The number of aryl methyl sites for hydroxylation is 2. The summed E-state index contributed by atoms with van der Waals surface area (Å²) < 4.78 is 5.15. The second kappa shape index (κ2) is 4.70. The molecule has 0 radical (unpaired) electrons. The van der Waals surface area contributed by atoms with E-state index in [2.05, 4.69) is 9.97 Å². The molecule has 1 aromatic carbocycles. The van der Waals surface area contributed by atoms with Crippen LogP contribution in [-0.4, -0.2) is 17.1 Å². The Kier molecular flexibility index (Phi) is 2.82. The summed E-state index contributed by atoms with van der Waals surface area (Å²) in [5.74, 6) is 1.41. The number of hydrogen-bond donors (Lipinski definition) is 1. The number of fused-ring (bicyclic) bond motifs is 3. The van der Waals surface area contributed by atoms with Crippen LogP contribution < -0.4 is 10.3 Å². The number of ether oxygens (including phenoxy) is 1. The number of nitrogens with zero attached hydrogens (tertiary/aromatic N) is 1. The van der Waals surface area contributed by atoms with E-state index in [0.717, 1.165) is 40.8 Å². The van der Waals surface area contributed by atoms with Crippen molar-refractivity contribution in [1.29, 1.82) is 0 Å². The van der Waals surface area contributed by atoms with Crippen molar-refractivity contribution in [2.75, 3.05) is 7.11 Å². The van der Waals surface area contributed by atoms with Crippen molar-refractivity contribution in [3.05, 3.63) is 45.1 Å². The number of hydrogen-bond acceptors (Lipinski definition) is 4. The molecule has 1 N–H and O–H groups in total. The van der Waals surface area contributed by atoms with Crippen LogP contribution >= 0.6 is 11.3 Å². The topological polar surface area (TPSA) is 55.0 Å². The molecule has 0 unspecified atom stereocenters. The molecule has 0 atom stereocenters. The summed E-state index contributed by atoms with van der Waals surface area (Å²) in [6, 6.07) is 7.55. The van der Waals surface area contributed by atoms with Gasteiger partial charge in [0, 0.05) is 10.4 Å². The number of thiophene rings is 1. The van der Waals surface area contributed by atoms with Crippen LogP contribution in [0.15, 0.2) is 29.1 Å². The van der Waals surface area contributed by atoms with E-state index in [0.29, 0.717) is 5.82 Å². The highest BCUT2D eigenvalue weighted by atomic mass is 32.1. The van der Waals surface area contributed by atoms with Gasteiger partial charge >= 0.3 is 0 Å². The van der Waals surface area contributed by atoms with E-state index >= 15 is 0 Å². The zero-order valence-corrected chi connectivity index (χ0v) is 12.4. The first-order valence-corrected chi connectivity index (χ1v) is 7.77. The monoisotopic (exact) mass is 298 g/mol. The van der Waals surface area contributed by atoms with Crippen molar-refractivity contribution < 1.29 is 4.74 Å². The maximum absolute atomic E-state index is 12.4. The van der Waals surface area contributed by atoms with Crippen molar-refractivity contribution in [3.8, 4) is 17.1 Å².